The lowest BCUT2D eigenvalue weighted by atomic mass is 9.85. The topological polar surface area (TPSA) is 177 Å². The Labute approximate surface area is 433 Å². The zero-order valence-electron chi connectivity index (χ0n) is 41.4. The molecule has 0 aliphatic heterocycles. The number of halogens is 2. The number of carbonyl (C=O) groups excluding carboxylic acids is 2. The molecule has 0 heterocycles. The lowest BCUT2D eigenvalue weighted by Gasteiger charge is -2.29. The fraction of sp³-hybridized carbons (Fsp3) is 0.288. The van der Waals surface area contributed by atoms with E-state index in [9.17, 15) is 35.2 Å². The summed E-state index contributed by atoms with van der Waals surface area (Å²) in [5, 5.41) is 5.99. The predicted octanol–water partition coefficient (Wildman–Crippen LogP) is 10.2. The Morgan fingerprint density at radius 3 is 1.51 bits per heavy atom. The molecule has 0 radical (unpaired) electrons. The molecule has 6 N–H and O–H groups in total. The Morgan fingerprint density at radius 2 is 1.03 bits per heavy atom. The molecule has 2 atom stereocenters. The van der Waals surface area contributed by atoms with Crippen molar-refractivity contribution in [2.24, 2.45) is 11.8 Å². The second-order valence-corrected chi connectivity index (χ2v) is 22.8. The number of sulfonamides is 2. The average Bonchev–Trinajstić information content (AvgIpc) is 3.84. The third-order valence-electron chi connectivity index (χ3n) is 14.0. The highest BCUT2D eigenvalue weighted by molar-refractivity contribution is 7.89. The van der Waals surface area contributed by atoms with Gasteiger partial charge in [0.1, 0.15) is 11.6 Å². The van der Waals surface area contributed by atoms with Crippen LogP contribution in [0.2, 0.25) is 0 Å². The first-order valence-electron chi connectivity index (χ1n) is 25.0. The maximum absolute atomic E-state index is 13.2. The molecule has 0 unspecified atom stereocenters. The summed E-state index contributed by atoms with van der Waals surface area (Å²) in [6, 6.07) is 40.7. The van der Waals surface area contributed by atoms with E-state index in [1.807, 2.05) is 68.4 Å². The second-order valence-electron chi connectivity index (χ2n) is 19.3. The van der Waals surface area contributed by atoms with E-state index in [2.05, 4.69) is 50.1 Å². The molecule has 384 valence electrons. The van der Waals surface area contributed by atoms with Crippen LogP contribution < -0.4 is 25.8 Å². The predicted molar refractivity (Wildman–Crippen MR) is 286 cm³/mol. The van der Waals surface area contributed by atoms with E-state index in [1.54, 1.807) is 42.5 Å². The van der Waals surface area contributed by atoms with Gasteiger partial charge in [-0.05, 0) is 172 Å². The van der Waals surface area contributed by atoms with E-state index in [4.69, 9.17) is 5.73 Å². The molecule has 0 spiro atoms. The Balaban J connectivity index is 0.000000197. The van der Waals surface area contributed by atoms with Crippen molar-refractivity contribution in [2.75, 3.05) is 5.73 Å². The summed E-state index contributed by atoms with van der Waals surface area (Å²) in [5.41, 5.74) is 13.9. The van der Waals surface area contributed by atoms with Crippen molar-refractivity contribution in [3.05, 3.63) is 196 Å². The van der Waals surface area contributed by atoms with Crippen LogP contribution in [0.4, 0.5) is 14.5 Å². The quantitative estimate of drug-likeness (QED) is 0.0565. The Kier molecular flexibility index (Phi) is 17.2. The van der Waals surface area contributed by atoms with Crippen LogP contribution in [0.25, 0.3) is 11.6 Å². The third-order valence-corrected chi connectivity index (χ3v) is 17.1. The van der Waals surface area contributed by atoms with Gasteiger partial charge in [-0.2, -0.15) is 0 Å². The van der Waals surface area contributed by atoms with Gasteiger partial charge in [0.2, 0.25) is 31.9 Å². The van der Waals surface area contributed by atoms with E-state index < -0.39 is 20.0 Å². The van der Waals surface area contributed by atoms with E-state index in [0.29, 0.717) is 69.0 Å². The van der Waals surface area contributed by atoms with Crippen molar-refractivity contribution in [1.29, 1.82) is 0 Å². The van der Waals surface area contributed by atoms with Gasteiger partial charge in [0.25, 0.3) is 0 Å². The molecule has 2 saturated carbocycles. The average molecular weight is 1040 g/mol. The highest BCUT2D eigenvalue weighted by Crippen LogP contribution is 2.34. The summed E-state index contributed by atoms with van der Waals surface area (Å²) in [6.07, 6.45) is 7.53. The summed E-state index contributed by atoms with van der Waals surface area (Å²) in [4.78, 5) is 25.9. The molecule has 0 bridgehead atoms. The van der Waals surface area contributed by atoms with E-state index in [1.165, 1.54) is 42.0 Å². The van der Waals surface area contributed by atoms with E-state index in [-0.39, 0.29) is 69.2 Å². The fourth-order valence-corrected chi connectivity index (χ4v) is 12.4. The summed E-state index contributed by atoms with van der Waals surface area (Å²) in [5.74, 6) is 4.91. The van der Waals surface area contributed by atoms with Gasteiger partial charge >= 0.3 is 0 Å². The molecule has 15 heteroatoms. The van der Waals surface area contributed by atoms with Crippen molar-refractivity contribution in [1.82, 2.24) is 20.1 Å². The van der Waals surface area contributed by atoms with Gasteiger partial charge in [-0.1, -0.05) is 96.8 Å². The highest BCUT2D eigenvalue weighted by Gasteiger charge is 2.32. The van der Waals surface area contributed by atoms with Crippen molar-refractivity contribution in [2.45, 2.75) is 106 Å². The van der Waals surface area contributed by atoms with Gasteiger partial charge in [-0.3, -0.25) is 9.59 Å². The smallest absolute Gasteiger partial charge is 0.240 e. The minimum absolute atomic E-state index is 0.0431. The fourth-order valence-electron chi connectivity index (χ4n) is 9.66. The molecule has 0 aromatic heterocycles. The number of hydrogen-bond acceptors (Lipinski definition) is 7. The first-order chi connectivity index (χ1) is 35.5. The number of amides is 2. The number of hydrogen-bond donors (Lipinski definition) is 5. The first kappa shape index (κ1) is 53.3. The van der Waals surface area contributed by atoms with Gasteiger partial charge in [0, 0.05) is 40.7 Å². The summed E-state index contributed by atoms with van der Waals surface area (Å²) < 4.78 is 84.2. The zero-order chi connectivity index (χ0) is 52.4. The van der Waals surface area contributed by atoms with Crippen LogP contribution in [0.15, 0.2) is 155 Å². The van der Waals surface area contributed by atoms with Crippen LogP contribution in [0.1, 0.15) is 116 Å². The number of nitrogens with one attached hydrogen (secondary N) is 4. The molecular weight excluding hydrogens is 977 g/mol. The van der Waals surface area contributed by atoms with Crippen LogP contribution in [0.5, 0.6) is 0 Å². The Hall–Kier alpha value is -6.96. The summed E-state index contributed by atoms with van der Waals surface area (Å²) in [7, 11) is -7.44. The van der Waals surface area contributed by atoms with Crippen LogP contribution in [0, 0.1) is 35.3 Å². The molecule has 0 saturated heterocycles. The van der Waals surface area contributed by atoms with Gasteiger partial charge in [0.05, 0.1) is 21.9 Å². The van der Waals surface area contributed by atoms with Crippen LogP contribution in [0.3, 0.4) is 0 Å². The second kappa shape index (κ2) is 23.9. The summed E-state index contributed by atoms with van der Waals surface area (Å²) >= 11 is 0. The molecule has 74 heavy (non-hydrogen) atoms. The van der Waals surface area contributed by atoms with Crippen LogP contribution >= 0.6 is 0 Å². The minimum Gasteiger partial charge on any atom is -0.398 e. The number of nitrogens with two attached hydrogens (primary N) is 1. The third kappa shape index (κ3) is 14.0. The molecule has 3 aliphatic rings. The number of benzene rings is 6. The van der Waals surface area contributed by atoms with E-state index >= 15 is 0 Å². The number of anilines is 1. The van der Waals surface area contributed by atoms with Crippen LogP contribution in [-0.4, -0.2) is 40.7 Å². The largest absolute Gasteiger partial charge is 0.398 e. The number of fused-ring (bicyclic) bond motifs is 1. The van der Waals surface area contributed by atoms with Crippen LogP contribution in [-0.2, 0) is 36.1 Å². The van der Waals surface area contributed by atoms with Gasteiger partial charge in [0.15, 0.2) is 0 Å². The molecule has 3 aliphatic carbocycles. The highest BCUT2D eigenvalue weighted by atomic mass is 32.2. The zero-order valence-corrected chi connectivity index (χ0v) is 43.0. The number of rotatable bonds is 13. The number of nitrogen functional groups attached to an aromatic ring is 1. The number of allylic oxidation sites excluding steroid dienone is 1. The lowest BCUT2D eigenvalue weighted by Crippen LogP contribution is -2.41. The minimum atomic E-state index is -3.77. The molecule has 11 nitrogen and oxygen atoms in total. The molecule has 2 amide bonds. The van der Waals surface area contributed by atoms with Gasteiger partial charge < -0.3 is 16.4 Å². The molecule has 2 fully saturated rings. The Morgan fingerprint density at radius 1 is 0.568 bits per heavy atom. The van der Waals surface area contributed by atoms with Crippen molar-refractivity contribution in [3.8, 4) is 11.8 Å². The van der Waals surface area contributed by atoms with Crippen molar-refractivity contribution in [3.63, 3.8) is 0 Å². The standard InChI is InChI=1S/C30H31FN2O3S.C29H30FN3O3S/c1-20(21-7-12-27(31)13-8-21)32-30(34)23-9-14-28(15-10-23)33-37(35,36)29-16-11-24-17-25(18-26(24)19-29)22-5-3-2-4-6-22;1-20(22-9-14-25(30)15-10-22)32-29(34)24-11-16-26(17-12-24)33-37(35,36)27-18-13-23(28(31)19-27)8-7-21-5-3-2-4-6-21/h2-8,11-13,16-17,19-20,23,28,33H,9-10,14-15,18H2,1H3,(H,32,34);2-6,9-10,13-15,18-20,24,26,33H,11-12,16-17,31H2,1H3,(H,32,34)/t20-,23?,28?;20-,24?,26?/m11/s1. The SMILES string of the molecule is C[C@@H](NC(=O)C1CCC(NS(=O)(=O)c2ccc(C#Cc3ccccc3)c(N)c2)CC1)c1ccc(F)cc1.C[C@@H](NC(=O)C1CCC(NS(=O)(=O)c2ccc3c(c2)CC(c2ccccc2)=C3)CC1)c1ccc(F)cc1. The first-order valence-corrected chi connectivity index (χ1v) is 28.0. The summed E-state index contributed by atoms with van der Waals surface area (Å²) in [6.45, 7) is 3.73. The van der Waals surface area contributed by atoms with Gasteiger partial charge in [-0.15, -0.1) is 0 Å². The van der Waals surface area contributed by atoms with Gasteiger partial charge in [-0.25, -0.2) is 35.1 Å². The van der Waals surface area contributed by atoms with Crippen molar-refractivity contribution < 1.29 is 35.2 Å². The Bertz CT molecular complexity index is 3130. The van der Waals surface area contributed by atoms with Crippen molar-refractivity contribution >= 4 is 49.2 Å². The maximum atomic E-state index is 13.2. The van der Waals surface area contributed by atoms with E-state index in [0.717, 1.165) is 33.4 Å². The molecule has 9 rings (SSSR count). The monoisotopic (exact) mass is 1040 g/mol. The number of carbonyl (C=O) groups is 2. The normalized spacial score (nSPS) is 19.2. The molecule has 6 aromatic carbocycles. The maximum Gasteiger partial charge on any atom is 0.240 e. The molecule has 6 aromatic rings. The molecular formula is C59H61F2N5O6S2. The lowest BCUT2D eigenvalue weighted by molar-refractivity contribution is -0.127.